The molecule has 4 aromatic rings. The van der Waals surface area contributed by atoms with Crippen LogP contribution in [0.1, 0.15) is 48.5 Å². The molecule has 3 N–H and O–H groups in total. The number of β-amino-alcohol motifs (C(OH)–C–C–N with tert-alkyl or cyclic N) is 1. The Labute approximate surface area is 263 Å². The number of benzene rings is 2. The van der Waals surface area contributed by atoms with Crippen molar-refractivity contribution in [2.45, 2.75) is 38.7 Å². The summed E-state index contributed by atoms with van der Waals surface area (Å²) < 4.78 is 19.1. The van der Waals surface area contributed by atoms with Gasteiger partial charge in [0.15, 0.2) is 11.5 Å². The molecule has 1 fully saturated rings. The van der Waals surface area contributed by atoms with Crippen LogP contribution in [0, 0.1) is 0 Å². The van der Waals surface area contributed by atoms with Crippen molar-refractivity contribution in [3.8, 4) is 17.2 Å². The Kier molecular flexibility index (Phi) is 10.7. The monoisotopic (exact) mass is 615 g/mol. The average Bonchev–Trinajstić information content (AvgIpc) is 3.45. The van der Waals surface area contributed by atoms with E-state index in [0.717, 1.165) is 31.3 Å². The Balaban J connectivity index is 1.26. The largest absolute Gasteiger partial charge is 0.487 e. The summed E-state index contributed by atoms with van der Waals surface area (Å²) in [6, 6.07) is 16.2. The number of fused-ring (bicyclic) bond motifs is 1. The van der Waals surface area contributed by atoms with Crippen LogP contribution in [-0.2, 0) is 4.74 Å². The average molecular weight is 616 g/mol. The maximum atomic E-state index is 13.1. The second-order valence-corrected chi connectivity index (χ2v) is 11.1. The van der Waals surface area contributed by atoms with Crippen molar-refractivity contribution in [1.29, 1.82) is 0 Å². The number of nitrogens with zero attached hydrogens (tertiary/aromatic N) is 3. The number of carbonyl (C=O) groups is 2. The number of aromatic nitrogens is 2. The second-order valence-electron chi connectivity index (χ2n) is 11.1. The summed E-state index contributed by atoms with van der Waals surface area (Å²) in [6.45, 7) is 7.64. The van der Waals surface area contributed by atoms with Crippen LogP contribution in [0.15, 0.2) is 67.0 Å². The smallest absolute Gasteiger partial charge is 0.325 e. The van der Waals surface area contributed by atoms with Crippen molar-refractivity contribution in [3.05, 3.63) is 78.1 Å². The second kappa shape index (κ2) is 15.0. The third-order valence-electron chi connectivity index (χ3n) is 7.83. The van der Waals surface area contributed by atoms with E-state index in [2.05, 4.69) is 20.5 Å². The predicted molar refractivity (Wildman–Crippen MR) is 173 cm³/mol. The van der Waals surface area contributed by atoms with Crippen molar-refractivity contribution in [3.63, 3.8) is 0 Å². The zero-order valence-corrected chi connectivity index (χ0v) is 26.0. The van der Waals surface area contributed by atoms with Gasteiger partial charge in [-0.15, -0.1) is 0 Å². The third-order valence-corrected chi connectivity index (χ3v) is 7.83. The molecule has 11 heteroatoms. The third kappa shape index (κ3) is 8.18. The maximum absolute atomic E-state index is 13.1. The molecule has 5 rings (SSSR count). The molecule has 2 aromatic carbocycles. The minimum atomic E-state index is -0.317. The Bertz CT molecular complexity index is 1590. The lowest BCUT2D eigenvalue weighted by Gasteiger charge is -2.32. The van der Waals surface area contributed by atoms with Crippen LogP contribution in [0.3, 0.4) is 0 Å². The van der Waals surface area contributed by atoms with Gasteiger partial charge in [0.1, 0.15) is 18.2 Å². The minimum Gasteiger partial charge on any atom is -0.487 e. The molecular formula is C34H41N5O6. The number of anilines is 1. The first kappa shape index (κ1) is 32.0. The molecule has 45 heavy (non-hydrogen) atoms. The fraction of sp³-hybridized carbons (Fsp3) is 0.382. The molecule has 0 spiro atoms. The normalized spacial score (nSPS) is 14.7. The molecule has 3 heterocycles. The summed E-state index contributed by atoms with van der Waals surface area (Å²) in [4.78, 5) is 32.0. The number of carbonyl (C=O) groups excluding carboxylic acids is 2. The van der Waals surface area contributed by atoms with E-state index < -0.39 is 0 Å². The van der Waals surface area contributed by atoms with Crippen LogP contribution in [0.2, 0.25) is 0 Å². The van der Waals surface area contributed by atoms with E-state index in [1.165, 1.54) is 10.1 Å². The predicted octanol–water partition coefficient (Wildman–Crippen LogP) is 5.24. The lowest BCUT2D eigenvalue weighted by molar-refractivity contribution is 0.102. The molecule has 2 amide bonds. The SMILES string of the molecule is CCOCCOc1cc2c(ccn2C(=O)NC)cc1Oc1ccnc(NC(=O)c2ccc(C3CCN(C[C@@H](C)O)CC3)cc2)c1. The molecule has 238 valence electrons. The lowest BCUT2D eigenvalue weighted by Crippen LogP contribution is -2.37. The van der Waals surface area contributed by atoms with Crippen molar-refractivity contribution in [2.75, 3.05) is 51.8 Å². The molecule has 1 saturated heterocycles. The first-order chi connectivity index (χ1) is 21.8. The summed E-state index contributed by atoms with van der Waals surface area (Å²) in [5.41, 5.74) is 2.43. The van der Waals surface area contributed by atoms with E-state index in [1.54, 1.807) is 37.6 Å². The summed E-state index contributed by atoms with van der Waals surface area (Å²) in [6.07, 6.45) is 4.99. The van der Waals surface area contributed by atoms with Gasteiger partial charge < -0.3 is 34.9 Å². The standard InChI is InChI=1S/C34H41N5O6/c1-4-43-17-18-44-30-21-29-27(12-16-39(29)34(42)35-3)19-31(30)45-28-9-13-36-32(20-28)37-33(41)26-7-5-24(6-8-26)25-10-14-38(15-11-25)22-23(2)40/h5-9,12-13,16,19-21,23,25,40H,4,10-11,14-15,17-18,22H2,1-3H3,(H,35,42)(H,36,37,41)/t23-/m1/s1. The number of rotatable bonds is 12. The van der Waals surface area contributed by atoms with Crippen LogP contribution in [-0.4, -0.2) is 84.1 Å². The molecular weight excluding hydrogens is 574 g/mol. The van der Waals surface area contributed by atoms with Crippen molar-refractivity contribution >= 4 is 28.7 Å². The number of piperidine rings is 1. The first-order valence-electron chi connectivity index (χ1n) is 15.4. The van der Waals surface area contributed by atoms with Gasteiger partial charge in [-0.25, -0.2) is 9.78 Å². The first-order valence-corrected chi connectivity index (χ1v) is 15.4. The van der Waals surface area contributed by atoms with Crippen LogP contribution in [0.25, 0.3) is 10.9 Å². The molecule has 0 aliphatic carbocycles. The van der Waals surface area contributed by atoms with E-state index in [0.29, 0.717) is 66.4 Å². The number of nitrogens with one attached hydrogen (secondary N) is 2. The number of aliphatic hydroxyl groups is 1. The van der Waals surface area contributed by atoms with Crippen LogP contribution < -0.4 is 20.1 Å². The van der Waals surface area contributed by atoms with Gasteiger partial charge in [0.25, 0.3) is 5.91 Å². The van der Waals surface area contributed by atoms with Crippen LogP contribution in [0.5, 0.6) is 17.2 Å². The van der Waals surface area contributed by atoms with Crippen LogP contribution >= 0.6 is 0 Å². The van der Waals surface area contributed by atoms with Gasteiger partial charge in [0, 0.05) is 55.7 Å². The van der Waals surface area contributed by atoms with Gasteiger partial charge in [0.2, 0.25) is 0 Å². The molecule has 0 bridgehead atoms. The maximum Gasteiger partial charge on any atom is 0.325 e. The van der Waals surface area contributed by atoms with E-state index in [4.69, 9.17) is 14.2 Å². The molecule has 1 atom stereocenters. The van der Waals surface area contributed by atoms with Crippen LogP contribution in [0.4, 0.5) is 10.6 Å². The zero-order valence-electron chi connectivity index (χ0n) is 26.0. The van der Waals surface area contributed by atoms with Crippen molar-refractivity contribution in [2.24, 2.45) is 0 Å². The molecule has 0 unspecified atom stereocenters. The Morgan fingerprint density at radius 1 is 1.04 bits per heavy atom. The molecule has 11 nitrogen and oxygen atoms in total. The number of amides is 2. The number of ether oxygens (including phenoxy) is 3. The van der Waals surface area contributed by atoms with Gasteiger partial charge in [-0.1, -0.05) is 12.1 Å². The van der Waals surface area contributed by atoms with Crippen molar-refractivity contribution in [1.82, 2.24) is 19.8 Å². The highest BCUT2D eigenvalue weighted by Crippen LogP contribution is 2.37. The van der Waals surface area contributed by atoms with E-state index >= 15 is 0 Å². The minimum absolute atomic E-state index is 0.266. The summed E-state index contributed by atoms with van der Waals surface area (Å²) >= 11 is 0. The van der Waals surface area contributed by atoms with Gasteiger partial charge in [0.05, 0.1) is 18.2 Å². The topological polar surface area (TPSA) is 127 Å². The zero-order chi connectivity index (χ0) is 31.8. The number of pyridine rings is 1. The number of hydrogen-bond acceptors (Lipinski definition) is 8. The highest BCUT2D eigenvalue weighted by Gasteiger charge is 2.22. The highest BCUT2D eigenvalue weighted by molar-refractivity contribution is 6.03. The van der Waals surface area contributed by atoms with Gasteiger partial charge in [-0.3, -0.25) is 9.36 Å². The fourth-order valence-corrected chi connectivity index (χ4v) is 5.57. The number of hydrogen-bond donors (Lipinski definition) is 3. The number of aliphatic hydroxyl groups excluding tert-OH is 1. The summed E-state index contributed by atoms with van der Waals surface area (Å²) in [7, 11) is 1.58. The number of likely N-dealkylation sites (tertiary alicyclic amines) is 1. The molecule has 0 saturated carbocycles. The van der Waals surface area contributed by atoms with Gasteiger partial charge in [-0.05, 0) is 81.6 Å². The quantitative estimate of drug-likeness (QED) is 0.185. The molecule has 0 radical (unpaired) electrons. The Morgan fingerprint density at radius 2 is 1.82 bits per heavy atom. The summed E-state index contributed by atoms with van der Waals surface area (Å²) in [5, 5.41) is 16.0. The van der Waals surface area contributed by atoms with E-state index in [9.17, 15) is 14.7 Å². The summed E-state index contributed by atoms with van der Waals surface area (Å²) in [5.74, 6) is 1.87. The molecule has 2 aromatic heterocycles. The van der Waals surface area contributed by atoms with Gasteiger partial charge >= 0.3 is 6.03 Å². The molecule has 1 aliphatic heterocycles. The van der Waals surface area contributed by atoms with Crippen molar-refractivity contribution < 1.29 is 28.9 Å². The Morgan fingerprint density at radius 3 is 2.53 bits per heavy atom. The molecule has 1 aliphatic rings. The van der Waals surface area contributed by atoms with Gasteiger partial charge in [-0.2, -0.15) is 0 Å². The lowest BCUT2D eigenvalue weighted by atomic mass is 9.89. The van der Waals surface area contributed by atoms with E-state index in [-0.39, 0.29) is 18.0 Å². The van der Waals surface area contributed by atoms with E-state index in [1.807, 2.05) is 50.2 Å². The Hall–Kier alpha value is -4.45. The fourth-order valence-electron chi connectivity index (χ4n) is 5.57. The highest BCUT2D eigenvalue weighted by atomic mass is 16.5.